The van der Waals surface area contributed by atoms with Crippen molar-refractivity contribution in [2.24, 2.45) is 0 Å². The van der Waals surface area contributed by atoms with Gasteiger partial charge in [-0.15, -0.1) is 11.3 Å². The van der Waals surface area contributed by atoms with Crippen molar-refractivity contribution < 1.29 is 4.79 Å². The normalized spacial score (nSPS) is 11.0. The molecule has 3 aromatic rings. The Hall–Kier alpha value is -1.85. The van der Waals surface area contributed by atoms with Crippen LogP contribution in [0.15, 0.2) is 42.7 Å². The maximum absolute atomic E-state index is 12.5. The number of pyridine rings is 1. The van der Waals surface area contributed by atoms with E-state index in [0.29, 0.717) is 22.3 Å². The highest BCUT2D eigenvalue weighted by Gasteiger charge is 2.17. The summed E-state index contributed by atoms with van der Waals surface area (Å²) in [6.45, 7) is 3.13. The third kappa shape index (κ3) is 2.80. The number of aromatic nitrogens is 2. The number of hydrogen-bond acceptors (Lipinski definition) is 3. The zero-order chi connectivity index (χ0) is 14.8. The lowest BCUT2D eigenvalue weighted by Crippen LogP contribution is -2.30. The first-order chi connectivity index (χ1) is 10.2. The molecule has 0 spiro atoms. The predicted octanol–water partition coefficient (Wildman–Crippen LogP) is 3.71. The molecule has 1 amide bonds. The fourth-order valence-corrected chi connectivity index (χ4v) is 3.22. The summed E-state index contributed by atoms with van der Waals surface area (Å²) in [6, 6.07) is 9.37. The van der Waals surface area contributed by atoms with Crippen LogP contribution >= 0.6 is 22.9 Å². The van der Waals surface area contributed by atoms with E-state index in [-0.39, 0.29) is 5.91 Å². The van der Waals surface area contributed by atoms with Crippen LogP contribution in [0.4, 0.5) is 0 Å². The minimum Gasteiger partial charge on any atom is -0.332 e. The molecule has 0 N–H and O–H groups in total. The highest BCUT2D eigenvalue weighted by atomic mass is 35.5. The van der Waals surface area contributed by atoms with Gasteiger partial charge in [0.2, 0.25) is 0 Å². The largest absolute Gasteiger partial charge is 0.332 e. The van der Waals surface area contributed by atoms with Crippen molar-refractivity contribution in [1.82, 2.24) is 14.3 Å². The maximum Gasteiger partial charge on any atom is 0.264 e. The molecule has 0 bridgehead atoms. The molecule has 0 saturated carbocycles. The number of carbonyl (C=O) groups is 1. The van der Waals surface area contributed by atoms with Crippen molar-refractivity contribution in [3.8, 4) is 0 Å². The molecule has 0 aliphatic heterocycles. The van der Waals surface area contributed by atoms with E-state index in [0.717, 1.165) is 11.3 Å². The van der Waals surface area contributed by atoms with Gasteiger partial charge < -0.3 is 9.30 Å². The van der Waals surface area contributed by atoms with Gasteiger partial charge in [0.25, 0.3) is 5.91 Å². The molecule has 0 unspecified atom stereocenters. The van der Waals surface area contributed by atoms with E-state index in [9.17, 15) is 4.79 Å². The molecular weight excluding hydrogens is 306 g/mol. The van der Waals surface area contributed by atoms with Crippen molar-refractivity contribution in [3.05, 3.63) is 57.6 Å². The topological polar surface area (TPSA) is 37.6 Å². The maximum atomic E-state index is 12.5. The molecule has 0 atom stereocenters. The zero-order valence-corrected chi connectivity index (χ0v) is 13.1. The number of imidazole rings is 1. The number of carbonyl (C=O) groups excluding carboxylic acids is 1. The second-order valence-corrected chi connectivity index (χ2v) is 6.32. The molecule has 3 rings (SSSR count). The molecule has 4 nitrogen and oxygen atoms in total. The van der Waals surface area contributed by atoms with Gasteiger partial charge in [0.15, 0.2) is 0 Å². The third-order valence-corrected chi connectivity index (χ3v) is 4.52. The Bertz CT molecular complexity index is 780. The van der Waals surface area contributed by atoms with Crippen molar-refractivity contribution >= 4 is 34.5 Å². The first kappa shape index (κ1) is 14.1. The number of amides is 1. The van der Waals surface area contributed by atoms with Gasteiger partial charge in [0, 0.05) is 12.7 Å². The summed E-state index contributed by atoms with van der Waals surface area (Å²) in [4.78, 5) is 19.3. The van der Waals surface area contributed by atoms with Crippen molar-refractivity contribution in [3.63, 3.8) is 0 Å². The van der Waals surface area contributed by atoms with Gasteiger partial charge in [-0.2, -0.15) is 0 Å². The van der Waals surface area contributed by atoms with Crippen LogP contribution in [0.5, 0.6) is 0 Å². The van der Waals surface area contributed by atoms with E-state index < -0.39 is 0 Å². The van der Waals surface area contributed by atoms with Gasteiger partial charge in [0.05, 0.1) is 27.6 Å². The van der Waals surface area contributed by atoms with E-state index in [1.54, 1.807) is 17.0 Å². The summed E-state index contributed by atoms with van der Waals surface area (Å²) in [5.41, 5.74) is 1.87. The summed E-state index contributed by atoms with van der Waals surface area (Å²) in [5, 5.41) is 0. The molecule has 0 aliphatic carbocycles. The lowest BCUT2D eigenvalue weighted by Gasteiger charge is -2.19. The molecule has 0 aliphatic rings. The molecule has 6 heteroatoms. The number of nitrogens with zero attached hydrogens (tertiary/aromatic N) is 3. The van der Waals surface area contributed by atoms with Crippen LogP contribution in [0.1, 0.15) is 22.3 Å². The third-order valence-electron chi connectivity index (χ3n) is 3.30. The van der Waals surface area contributed by atoms with Crippen LogP contribution in [-0.4, -0.2) is 26.7 Å². The molecule has 0 radical (unpaired) electrons. The molecule has 3 heterocycles. The summed E-state index contributed by atoms with van der Waals surface area (Å²) in [6.07, 6.45) is 3.77. The Morgan fingerprint density at radius 3 is 2.95 bits per heavy atom. The van der Waals surface area contributed by atoms with Gasteiger partial charge in [-0.25, -0.2) is 4.98 Å². The fraction of sp³-hybridized carbons (Fsp3) is 0.200. The highest BCUT2D eigenvalue weighted by molar-refractivity contribution is 7.17. The lowest BCUT2D eigenvalue weighted by molar-refractivity contribution is 0.0755. The Kier molecular flexibility index (Phi) is 3.94. The molecular formula is C15H14ClN3OS. The molecule has 108 valence electrons. The number of halogens is 1. The Balaban J connectivity index is 1.86. The molecule has 21 heavy (non-hydrogen) atoms. The van der Waals surface area contributed by atoms with Crippen LogP contribution in [0, 0.1) is 0 Å². The molecule has 0 aromatic carbocycles. The monoisotopic (exact) mass is 319 g/mol. The Labute approximate surface area is 131 Å². The number of hydrogen-bond donors (Lipinski definition) is 0. The van der Waals surface area contributed by atoms with Crippen LogP contribution in [-0.2, 0) is 6.54 Å². The lowest BCUT2D eigenvalue weighted by atomic mass is 10.3. The first-order valence-corrected chi connectivity index (χ1v) is 7.84. The van der Waals surface area contributed by atoms with Crippen LogP contribution in [0.2, 0.25) is 4.34 Å². The smallest absolute Gasteiger partial charge is 0.264 e. The quantitative estimate of drug-likeness (QED) is 0.735. The van der Waals surface area contributed by atoms with E-state index in [1.807, 2.05) is 41.9 Å². The number of fused-ring (bicyclic) bond motifs is 1. The van der Waals surface area contributed by atoms with E-state index in [4.69, 9.17) is 11.6 Å². The first-order valence-electron chi connectivity index (χ1n) is 6.64. The molecule has 0 fully saturated rings. The summed E-state index contributed by atoms with van der Waals surface area (Å²) in [7, 11) is 0. The van der Waals surface area contributed by atoms with Gasteiger partial charge >= 0.3 is 0 Å². The number of rotatable bonds is 4. The van der Waals surface area contributed by atoms with E-state index in [1.165, 1.54) is 11.3 Å². The summed E-state index contributed by atoms with van der Waals surface area (Å²) < 4.78 is 2.63. The average Bonchev–Trinajstić information content (AvgIpc) is 3.11. The fourth-order valence-electron chi connectivity index (χ4n) is 2.21. The minimum absolute atomic E-state index is 0.000260. The molecule has 0 saturated heterocycles. The van der Waals surface area contributed by atoms with Gasteiger partial charge in [0.1, 0.15) is 5.65 Å². The van der Waals surface area contributed by atoms with Crippen molar-refractivity contribution in [2.75, 3.05) is 6.54 Å². The minimum atomic E-state index is 0.000260. The van der Waals surface area contributed by atoms with E-state index in [2.05, 4.69) is 4.98 Å². The standard InChI is InChI=1S/C15H14ClN3OS/c1-2-18(15(20)12-6-7-13(16)21-12)10-11-9-17-14-5-3-4-8-19(11)14/h3-9H,2,10H2,1H3. The summed E-state index contributed by atoms with van der Waals surface area (Å²) in [5.74, 6) is 0.000260. The zero-order valence-electron chi connectivity index (χ0n) is 11.5. The van der Waals surface area contributed by atoms with Gasteiger partial charge in [-0.3, -0.25) is 4.79 Å². The second-order valence-electron chi connectivity index (χ2n) is 4.60. The highest BCUT2D eigenvalue weighted by Crippen LogP contribution is 2.23. The van der Waals surface area contributed by atoms with Crippen LogP contribution in [0.3, 0.4) is 0 Å². The van der Waals surface area contributed by atoms with Crippen LogP contribution in [0.25, 0.3) is 5.65 Å². The Morgan fingerprint density at radius 1 is 1.38 bits per heavy atom. The second kappa shape index (κ2) is 5.87. The SMILES string of the molecule is CCN(Cc1cnc2ccccn12)C(=O)c1ccc(Cl)s1. The van der Waals surface area contributed by atoms with Gasteiger partial charge in [-0.1, -0.05) is 17.7 Å². The van der Waals surface area contributed by atoms with Crippen molar-refractivity contribution in [1.29, 1.82) is 0 Å². The summed E-state index contributed by atoms with van der Waals surface area (Å²) >= 11 is 7.21. The van der Waals surface area contributed by atoms with Gasteiger partial charge in [-0.05, 0) is 31.2 Å². The number of thiophene rings is 1. The molecule has 3 aromatic heterocycles. The Morgan fingerprint density at radius 2 is 2.24 bits per heavy atom. The van der Waals surface area contributed by atoms with E-state index >= 15 is 0 Å². The van der Waals surface area contributed by atoms with Crippen molar-refractivity contribution in [2.45, 2.75) is 13.5 Å². The predicted molar refractivity (Wildman–Crippen MR) is 84.9 cm³/mol. The average molecular weight is 320 g/mol. The van der Waals surface area contributed by atoms with Crippen LogP contribution < -0.4 is 0 Å².